The molecule has 0 aliphatic carbocycles. The maximum absolute atomic E-state index is 6.50. The number of nitriles is 1. The van der Waals surface area contributed by atoms with Crippen molar-refractivity contribution in [2.45, 2.75) is 32.7 Å². The van der Waals surface area contributed by atoms with E-state index in [2.05, 4.69) is 23.8 Å². The Morgan fingerprint density at radius 1 is 1.38 bits per heavy atom. The summed E-state index contributed by atoms with van der Waals surface area (Å²) < 4.78 is 0. The lowest BCUT2D eigenvalue weighted by molar-refractivity contribution is 0.234. The summed E-state index contributed by atoms with van der Waals surface area (Å²) in [7, 11) is 4.23. The Hall–Kier alpha value is -0.590. The fourth-order valence-corrected chi connectivity index (χ4v) is 1.40. The highest BCUT2D eigenvalue weighted by Crippen LogP contribution is 2.06. The first kappa shape index (κ1) is 14.9. The van der Waals surface area contributed by atoms with Gasteiger partial charge in [-0.15, -0.1) is 0 Å². The molecule has 0 aromatic heterocycles. The molecule has 1 unspecified atom stereocenters. The molecular formula is C10H23N3. The van der Waals surface area contributed by atoms with E-state index < -0.39 is 0 Å². The molecule has 0 radical (unpaired) electrons. The molecule has 1 heterocycles. The average molecular weight is 185 g/mol. The second-order valence-corrected chi connectivity index (χ2v) is 2.89. The van der Waals surface area contributed by atoms with Crippen molar-refractivity contribution in [2.24, 2.45) is 0 Å². The number of nitrogens with one attached hydrogen (secondary N) is 1. The van der Waals surface area contributed by atoms with Crippen LogP contribution < -0.4 is 5.32 Å². The van der Waals surface area contributed by atoms with E-state index >= 15 is 0 Å². The Balaban J connectivity index is 0. The molecule has 1 atom stereocenters. The highest BCUT2D eigenvalue weighted by atomic mass is 15.1. The van der Waals surface area contributed by atoms with Gasteiger partial charge in [0.25, 0.3) is 0 Å². The molecule has 0 aromatic rings. The molecule has 0 spiro atoms. The Labute approximate surface area is 82.7 Å². The minimum absolute atomic E-state index is 0.740. The number of hydrogen-bond donors (Lipinski definition) is 1. The van der Waals surface area contributed by atoms with Crippen LogP contribution in [-0.2, 0) is 0 Å². The van der Waals surface area contributed by atoms with E-state index in [9.17, 15) is 0 Å². The minimum Gasteiger partial charge on any atom is -0.316 e. The SMILES string of the molecule is C#N.CC.CNC1CCCN(C)C1. The van der Waals surface area contributed by atoms with Gasteiger partial charge < -0.3 is 10.2 Å². The highest BCUT2D eigenvalue weighted by Gasteiger charge is 2.13. The summed E-state index contributed by atoms with van der Waals surface area (Å²) >= 11 is 0. The maximum Gasteiger partial charge on any atom is 0.0462 e. The first-order valence-electron chi connectivity index (χ1n) is 4.94. The van der Waals surface area contributed by atoms with Crippen molar-refractivity contribution in [3.63, 3.8) is 0 Å². The van der Waals surface area contributed by atoms with Gasteiger partial charge >= 0.3 is 0 Å². The van der Waals surface area contributed by atoms with Crippen molar-refractivity contribution < 1.29 is 0 Å². The van der Waals surface area contributed by atoms with Crippen LogP contribution in [0.1, 0.15) is 26.7 Å². The zero-order chi connectivity index (χ0) is 10.7. The minimum atomic E-state index is 0.740. The molecule has 0 saturated carbocycles. The summed E-state index contributed by atoms with van der Waals surface area (Å²) in [5, 5.41) is 9.79. The Morgan fingerprint density at radius 3 is 2.23 bits per heavy atom. The molecule has 1 fully saturated rings. The van der Waals surface area contributed by atoms with Crippen molar-refractivity contribution in [3.8, 4) is 6.57 Å². The Morgan fingerprint density at radius 2 is 1.92 bits per heavy atom. The fourth-order valence-electron chi connectivity index (χ4n) is 1.40. The van der Waals surface area contributed by atoms with E-state index in [0.717, 1.165) is 6.04 Å². The molecule has 1 N–H and O–H groups in total. The van der Waals surface area contributed by atoms with Crippen LogP contribution in [0.15, 0.2) is 0 Å². The van der Waals surface area contributed by atoms with Gasteiger partial charge in [-0.25, -0.2) is 5.26 Å². The summed E-state index contributed by atoms with van der Waals surface area (Å²) in [5.41, 5.74) is 0. The molecule has 0 aromatic carbocycles. The Bertz CT molecular complexity index is 112. The summed E-state index contributed by atoms with van der Waals surface area (Å²) in [6, 6.07) is 0.740. The highest BCUT2D eigenvalue weighted by molar-refractivity contribution is 4.74. The van der Waals surface area contributed by atoms with Crippen LogP contribution >= 0.6 is 0 Å². The van der Waals surface area contributed by atoms with Crippen molar-refractivity contribution in [2.75, 3.05) is 27.2 Å². The normalized spacial score (nSPS) is 21.8. The predicted octanol–water partition coefficient (Wildman–Crippen LogP) is 1.47. The van der Waals surface area contributed by atoms with Crippen LogP contribution in [0.4, 0.5) is 0 Å². The first-order chi connectivity index (χ1) is 6.33. The van der Waals surface area contributed by atoms with Gasteiger partial charge in [0.05, 0.1) is 0 Å². The van der Waals surface area contributed by atoms with Gasteiger partial charge in [-0.05, 0) is 33.5 Å². The van der Waals surface area contributed by atoms with Crippen LogP contribution in [0.5, 0.6) is 0 Å². The summed E-state index contributed by atoms with van der Waals surface area (Å²) in [5.74, 6) is 0. The predicted molar refractivity (Wildman–Crippen MR) is 57.6 cm³/mol. The number of nitrogens with zero attached hydrogens (tertiary/aromatic N) is 2. The molecule has 1 aliphatic rings. The van der Waals surface area contributed by atoms with Gasteiger partial charge in [-0.3, -0.25) is 0 Å². The third-order valence-electron chi connectivity index (χ3n) is 2.03. The Kier molecular flexibility index (Phi) is 13.1. The van der Waals surface area contributed by atoms with Gasteiger partial charge in [-0.1, -0.05) is 13.8 Å². The maximum atomic E-state index is 6.50. The average Bonchev–Trinajstić information content (AvgIpc) is 2.24. The van der Waals surface area contributed by atoms with Crippen molar-refractivity contribution in [3.05, 3.63) is 0 Å². The second-order valence-electron chi connectivity index (χ2n) is 2.89. The third kappa shape index (κ3) is 7.76. The molecule has 0 amide bonds. The van der Waals surface area contributed by atoms with Crippen LogP contribution in [-0.4, -0.2) is 38.1 Å². The number of likely N-dealkylation sites (N-methyl/N-ethyl adjacent to an activating group) is 2. The number of likely N-dealkylation sites (tertiary alicyclic amines) is 1. The number of rotatable bonds is 1. The van der Waals surface area contributed by atoms with Crippen molar-refractivity contribution in [1.82, 2.24) is 10.2 Å². The third-order valence-corrected chi connectivity index (χ3v) is 2.03. The lowest BCUT2D eigenvalue weighted by Crippen LogP contribution is -2.42. The van der Waals surface area contributed by atoms with Gasteiger partial charge in [0.1, 0.15) is 0 Å². The van der Waals surface area contributed by atoms with Crippen molar-refractivity contribution in [1.29, 1.82) is 5.26 Å². The zero-order valence-electron chi connectivity index (χ0n) is 9.38. The summed E-state index contributed by atoms with van der Waals surface area (Å²) in [6.45, 7) is 9.99. The largest absolute Gasteiger partial charge is 0.316 e. The monoisotopic (exact) mass is 185 g/mol. The van der Waals surface area contributed by atoms with Crippen LogP contribution in [0.25, 0.3) is 0 Å². The fraction of sp³-hybridized carbons (Fsp3) is 0.900. The van der Waals surface area contributed by atoms with Gasteiger partial charge in [0, 0.05) is 19.2 Å². The molecule has 1 rings (SSSR count). The molecule has 13 heavy (non-hydrogen) atoms. The molecule has 78 valence electrons. The van der Waals surface area contributed by atoms with E-state index in [1.165, 1.54) is 25.9 Å². The molecular weight excluding hydrogens is 162 g/mol. The molecule has 3 heteroatoms. The molecule has 1 aliphatic heterocycles. The van der Waals surface area contributed by atoms with Gasteiger partial charge in [-0.2, -0.15) is 0 Å². The van der Waals surface area contributed by atoms with E-state index in [1.807, 2.05) is 20.9 Å². The smallest absolute Gasteiger partial charge is 0.0462 e. The molecule has 3 nitrogen and oxygen atoms in total. The van der Waals surface area contributed by atoms with E-state index in [1.54, 1.807) is 0 Å². The lowest BCUT2D eigenvalue weighted by atomic mass is 10.1. The zero-order valence-corrected chi connectivity index (χ0v) is 9.38. The lowest BCUT2D eigenvalue weighted by Gasteiger charge is -2.29. The van der Waals surface area contributed by atoms with Crippen LogP contribution in [0, 0.1) is 11.8 Å². The summed E-state index contributed by atoms with van der Waals surface area (Å²) in [4.78, 5) is 2.38. The standard InChI is InChI=1S/C7H16N2.C2H6.CHN/c1-8-7-4-3-5-9(2)6-7;2*1-2/h7-8H,3-6H2,1-2H3;1-2H3;1H. The molecule has 1 saturated heterocycles. The number of piperidine rings is 1. The second kappa shape index (κ2) is 11.4. The first-order valence-corrected chi connectivity index (χ1v) is 4.94. The summed E-state index contributed by atoms with van der Waals surface area (Å²) in [6.07, 6.45) is 2.70. The van der Waals surface area contributed by atoms with Crippen LogP contribution in [0.2, 0.25) is 0 Å². The van der Waals surface area contributed by atoms with E-state index in [4.69, 9.17) is 5.26 Å². The van der Waals surface area contributed by atoms with Gasteiger partial charge in [0.15, 0.2) is 0 Å². The number of hydrogen-bond acceptors (Lipinski definition) is 3. The van der Waals surface area contributed by atoms with Gasteiger partial charge in [0.2, 0.25) is 0 Å². The quantitative estimate of drug-likeness (QED) is 0.672. The molecule has 0 bridgehead atoms. The van der Waals surface area contributed by atoms with Crippen LogP contribution in [0.3, 0.4) is 0 Å². The topological polar surface area (TPSA) is 39.1 Å². The van der Waals surface area contributed by atoms with Crippen molar-refractivity contribution >= 4 is 0 Å². The van der Waals surface area contributed by atoms with E-state index in [0.29, 0.717) is 0 Å². The van der Waals surface area contributed by atoms with E-state index in [-0.39, 0.29) is 0 Å².